The van der Waals surface area contributed by atoms with E-state index in [-0.39, 0.29) is 16.2 Å². The number of nitrogens with one attached hydrogen (secondary N) is 1. The van der Waals surface area contributed by atoms with E-state index in [1.165, 1.54) is 12.5 Å². The molecule has 1 N–H and O–H groups in total. The molecule has 1 heterocycles. The van der Waals surface area contributed by atoms with Crippen LogP contribution in [0.5, 0.6) is 0 Å². The Balaban J connectivity index is 1.54. The zero-order chi connectivity index (χ0) is 19.1. The van der Waals surface area contributed by atoms with Gasteiger partial charge in [0.05, 0.1) is 4.90 Å². The van der Waals surface area contributed by atoms with Crippen LogP contribution >= 0.6 is 0 Å². The van der Waals surface area contributed by atoms with Crippen LogP contribution in [0.1, 0.15) is 37.3 Å². The maximum Gasteiger partial charge on any atom is 0.240 e. The van der Waals surface area contributed by atoms with Gasteiger partial charge in [-0.1, -0.05) is 36.8 Å². The number of carbonyl (C=O) groups is 1. The van der Waals surface area contributed by atoms with Gasteiger partial charge in [0, 0.05) is 31.1 Å². The monoisotopic (exact) mass is 384 g/mol. The van der Waals surface area contributed by atoms with E-state index in [1.807, 2.05) is 18.2 Å². The number of sulfonamides is 1. The van der Waals surface area contributed by atoms with Gasteiger partial charge in [0.1, 0.15) is 0 Å². The van der Waals surface area contributed by atoms with Crippen LogP contribution in [0.2, 0.25) is 0 Å². The molecule has 0 spiro atoms. The molecular weight excluding hydrogens is 360 g/mol. The van der Waals surface area contributed by atoms with Crippen molar-refractivity contribution in [2.75, 3.05) is 18.0 Å². The van der Waals surface area contributed by atoms with Gasteiger partial charge in [-0.15, -0.1) is 0 Å². The maximum atomic E-state index is 12.9. The van der Waals surface area contributed by atoms with Crippen molar-refractivity contribution in [3.63, 3.8) is 0 Å². The van der Waals surface area contributed by atoms with E-state index in [1.54, 1.807) is 23.1 Å². The highest BCUT2D eigenvalue weighted by Crippen LogP contribution is 2.43. The first kappa shape index (κ1) is 18.2. The Bertz CT molecular complexity index is 966. The summed E-state index contributed by atoms with van der Waals surface area (Å²) in [5.74, 6) is -0.0164. The Hall–Kier alpha value is -2.18. The molecule has 27 heavy (non-hydrogen) atoms. The van der Waals surface area contributed by atoms with Crippen molar-refractivity contribution in [1.82, 2.24) is 4.72 Å². The van der Waals surface area contributed by atoms with Crippen LogP contribution in [-0.4, -0.2) is 27.4 Å². The van der Waals surface area contributed by atoms with E-state index in [0.717, 1.165) is 30.5 Å². The molecule has 1 amide bonds. The number of anilines is 1. The molecule has 0 unspecified atom stereocenters. The number of benzene rings is 2. The lowest BCUT2D eigenvalue weighted by molar-refractivity contribution is -0.116. The van der Waals surface area contributed by atoms with Crippen LogP contribution in [0.25, 0.3) is 0 Å². The van der Waals surface area contributed by atoms with Gasteiger partial charge in [0.2, 0.25) is 15.9 Å². The van der Waals surface area contributed by atoms with Crippen LogP contribution in [0.15, 0.2) is 53.4 Å². The van der Waals surface area contributed by atoms with Crippen molar-refractivity contribution in [3.8, 4) is 0 Å². The van der Waals surface area contributed by atoms with E-state index in [0.29, 0.717) is 19.5 Å². The summed E-state index contributed by atoms with van der Waals surface area (Å²) in [6.07, 6.45) is 3.80. The number of carbonyl (C=O) groups excluding carboxylic acids is 1. The fourth-order valence-corrected chi connectivity index (χ4v) is 5.33. The van der Waals surface area contributed by atoms with Gasteiger partial charge >= 0.3 is 0 Å². The summed E-state index contributed by atoms with van der Waals surface area (Å²) < 4.78 is 28.6. The number of hydrogen-bond donors (Lipinski definition) is 1. The smallest absolute Gasteiger partial charge is 0.240 e. The highest BCUT2D eigenvalue weighted by molar-refractivity contribution is 7.89. The highest BCUT2D eigenvalue weighted by atomic mass is 32.2. The fourth-order valence-electron chi connectivity index (χ4n) is 4.15. The summed E-state index contributed by atoms with van der Waals surface area (Å²) in [5, 5.41) is 0. The molecule has 0 aromatic heterocycles. The van der Waals surface area contributed by atoms with Crippen LogP contribution in [0.3, 0.4) is 0 Å². The average Bonchev–Trinajstić information content (AvgIpc) is 3.05. The summed E-state index contributed by atoms with van der Waals surface area (Å²) >= 11 is 0. The molecule has 0 saturated heterocycles. The number of rotatable bonds is 5. The minimum Gasteiger partial charge on any atom is -0.312 e. The molecule has 4 rings (SSSR count). The first-order chi connectivity index (χ1) is 12.9. The molecule has 2 aliphatic rings. The number of fused-ring (bicyclic) bond motifs is 1. The maximum absolute atomic E-state index is 12.9. The lowest BCUT2D eigenvalue weighted by Crippen LogP contribution is -2.45. The summed E-state index contributed by atoms with van der Waals surface area (Å²) in [6.45, 7) is 2.55. The van der Waals surface area contributed by atoms with E-state index in [2.05, 4.69) is 16.9 Å². The second-order valence-corrected chi connectivity index (χ2v) is 9.30. The molecule has 0 bridgehead atoms. The molecule has 0 radical (unpaired) electrons. The van der Waals surface area contributed by atoms with Gasteiger partial charge in [-0.05, 0) is 48.6 Å². The first-order valence-corrected chi connectivity index (χ1v) is 10.9. The molecule has 142 valence electrons. The second kappa shape index (κ2) is 6.77. The standard InChI is InChI=1S/C21H24N2O3S/c1-16(24)23-13-10-17-14-19(8-9-20(17)23)27(25,26)22-15-21(11-5-12-21)18-6-3-2-4-7-18/h2-4,6-9,14,22H,5,10-13,15H2,1H3. The molecule has 0 atom stereocenters. The normalized spacial score (nSPS) is 18.0. The van der Waals surface area contributed by atoms with Crippen LogP contribution in [0, 0.1) is 0 Å². The van der Waals surface area contributed by atoms with Gasteiger partial charge in [-0.2, -0.15) is 0 Å². The van der Waals surface area contributed by atoms with E-state index in [4.69, 9.17) is 0 Å². The third kappa shape index (κ3) is 3.28. The summed E-state index contributed by atoms with van der Waals surface area (Å²) in [6, 6.07) is 15.2. The molecular formula is C21H24N2O3S. The minimum absolute atomic E-state index is 0.0164. The Kier molecular flexibility index (Phi) is 4.56. The van der Waals surface area contributed by atoms with Gasteiger partial charge < -0.3 is 4.90 Å². The summed E-state index contributed by atoms with van der Waals surface area (Å²) in [4.78, 5) is 13.6. The summed E-state index contributed by atoms with van der Waals surface area (Å²) in [7, 11) is -3.59. The Labute approximate surface area is 160 Å². The molecule has 5 nitrogen and oxygen atoms in total. The van der Waals surface area contributed by atoms with Crippen LogP contribution < -0.4 is 9.62 Å². The lowest BCUT2D eigenvalue weighted by atomic mass is 9.64. The third-order valence-corrected chi connectivity index (χ3v) is 7.33. The van der Waals surface area contributed by atoms with E-state index < -0.39 is 10.0 Å². The van der Waals surface area contributed by atoms with Crippen molar-refractivity contribution >= 4 is 21.6 Å². The second-order valence-electron chi connectivity index (χ2n) is 7.54. The zero-order valence-electron chi connectivity index (χ0n) is 15.4. The van der Waals surface area contributed by atoms with Crippen molar-refractivity contribution in [2.45, 2.75) is 42.9 Å². The van der Waals surface area contributed by atoms with Crippen molar-refractivity contribution < 1.29 is 13.2 Å². The van der Waals surface area contributed by atoms with E-state index in [9.17, 15) is 13.2 Å². The number of hydrogen-bond acceptors (Lipinski definition) is 3. The van der Waals surface area contributed by atoms with Crippen LogP contribution in [0.4, 0.5) is 5.69 Å². The highest BCUT2D eigenvalue weighted by Gasteiger charge is 2.39. The zero-order valence-corrected chi connectivity index (χ0v) is 16.3. The average molecular weight is 385 g/mol. The van der Waals surface area contributed by atoms with Gasteiger partial charge in [-0.25, -0.2) is 13.1 Å². The lowest BCUT2D eigenvalue weighted by Gasteiger charge is -2.42. The van der Waals surface area contributed by atoms with Gasteiger partial charge in [-0.3, -0.25) is 4.79 Å². The Morgan fingerprint density at radius 2 is 1.89 bits per heavy atom. The molecule has 2 aromatic rings. The molecule has 1 saturated carbocycles. The van der Waals surface area contributed by atoms with Gasteiger partial charge in [0.15, 0.2) is 0 Å². The fraction of sp³-hybridized carbons (Fsp3) is 0.381. The molecule has 1 aliphatic heterocycles. The SMILES string of the molecule is CC(=O)N1CCc2cc(S(=O)(=O)NCC3(c4ccccc4)CCC3)ccc21. The van der Waals surface area contributed by atoms with Crippen molar-refractivity contribution in [2.24, 2.45) is 0 Å². The quantitative estimate of drug-likeness (QED) is 0.862. The Morgan fingerprint density at radius 3 is 2.52 bits per heavy atom. The first-order valence-electron chi connectivity index (χ1n) is 9.38. The van der Waals surface area contributed by atoms with E-state index >= 15 is 0 Å². The van der Waals surface area contributed by atoms with Crippen molar-refractivity contribution in [1.29, 1.82) is 0 Å². The molecule has 2 aromatic carbocycles. The topological polar surface area (TPSA) is 66.5 Å². The van der Waals surface area contributed by atoms with Crippen LogP contribution in [-0.2, 0) is 26.7 Å². The number of amides is 1. The molecule has 6 heteroatoms. The third-order valence-electron chi connectivity index (χ3n) is 5.93. The van der Waals surface area contributed by atoms with Crippen molar-refractivity contribution in [3.05, 3.63) is 59.7 Å². The molecule has 1 fully saturated rings. The summed E-state index contributed by atoms with van der Waals surface area (Å²) in [5.41, 5.74) is 2.83. The minimum atomic E-state index is -3.59. The largest absolute Gasteiger partial charge is 0.312 e. The Morgan fingerprint density at radius 1 is 1.15 bits per heavy atom. The molecule has 1 aliphatic carbocycles. The predicted octanol–water partition coefficient (Wildman–Crippen LogP) is 3.00. The number of nitrogens with zero attached hydrogens (tertiary/aromatic N) is 1. The van der Waals surface area contributed by atoms with Gasteiger partial charge in [0.25, 0.3) is 0 Å². The predicted molar refractivity (Wildman–Crippen MR) is 105 cm³/mol.